The lowest BCUT2D eigenvalue weighted by molar-refractivity contribution is 0.533. The molecule has 0 aliphatic heterocycles. The highest BCUT2D eigenvalue weighted by molar-refractivity contribution is 7.91. The smallest absolute Gasteiger partial charge is 0.178 e. The van der Waals surface area contributed by atoms with Gasteiger partial charge in [-0.25, -0.2) is 8.42 Å². The summed E-state index contributed by atoms with van der Waals surface area (Å²) in [7, 11) is -1.21. The molecule has 1 N–H and O–H groups in total. The molecule has 1 atom stereocenters. The van der Waals surface area contributed by atoms with Crippen LogP contribution in [0.4, 0.5) is 0 Å². The number of aryl methyl sites for hydroxylation is 2. The van der Waals surface area contributed by atoms with Crippen molar-refractivity contribution in [3.63, 3.8) is 0 Å². The van der Waals surface area contributed by atoms with E-state index in [1.54, 1.807) is 6.07 Å². The van der Waals surface area contributed by atoms with Crippen LogP contribution in [0.15, 0.2) is 23.1 Å². The van der Waals surface area contributed by atoms with Crippen molar-refractivity contribution in [3.8, 4) is 0 Å². The summed E-state index contributed by atoms with van der Waals surface area (Å²) in [6, 6.07) is 6.05. The molecule has 0 bridgehead atoms. The molecule has 1 aromatic carbocycles. The number of rotatable bonds is 7. The van der Waals surface area contributed by atoms with Gasteiger partial charge < -0.3 is 5.32 Å². The van der Waals surface area contributed by atoms with Crippen LogP contribution in [0.1, 0.15) is 37.3 Å². The maximum Gasteiger partial charge on any atom is 0.178 e. The Kier molecular flexibility index (Phi) is 6.01. The lowest BCUT2D eigenvalue weighted by Gasteiger charge is -2.11. The summed E-state index contributed by atoms with van der Waals surface area (Å²) >= 11 is 0. The van der Waals surface area contributed by atoms with Crippen LogP contribution in [-0.2, 0) is 9.84 Å². The van der Waals surface area contributed by atoms with Gasteiger partial charge in [0, 0.05) is 6.04 Å². The van der Waals surface area contributed by atoms with E-state index in [4.69, 9.17) is 0 Å². The van der Waals surface area contributed by atoms with Crippen LogP contribution in [0, 0.1) is 13.8 Å². The van der Waals surface area contributed by atoms with E-state index in [-0.39, 0.29) is 5.75 Å². The molecule has 108 valence electrons. The van der Waals surface area contributed by atoms with Crippen molar-refractivity contribution in [2.45, 2.75) is 51.0 Å². The molecule has 1 rings (SSSR count). The predicted molar refractivity (Wildman–Crippen MR) is 80.3 cm³/mol. The van der Waals surface area contributed by atoms with E-state index in [1.165, 1.54) is 0 Å². The first-order valence-corrected chi connectivity index (χ1v) is 8.49. The van der Waals surface area contributed by atoms with Gasteiger partial charge in [0.1, 0.15) is 0 Å². The average molecular weight is 283 g/mol. The van der Waals surface area contributed by atoms with Crippen LogP contribution in [0.2, 0.25) is 0 Å². The van der Waals surface area contributed by atoms with Crippen molar-refractivity contribution in [1.82, 2.24) is 5.32 Å². The molecule has 0 amide bonds. The SMILES string of the molecule is CNC(C)CCCCS(=O)(=O)c1cc(C)ccc1C. The normalized spacial score (nSPS) is 13.5. The first kappa shape index (κ1) is 16.2. The Balaban J connectivity index is 2.64. The quantitative estimate of drug-likeness (QED) is 0.783. The molecule has 4 heteroatoms. The molecule has 0 saturated carbocycles. The number of nitrogens with one attached hydrogen (secondary N) is 1. The second-order valence-corrected chi connectivity index (χ2v) is 7.35. The van der Waals surface area contributed by atoms with E-state index in [1.807, 2.05) is 33.0 Å². The summed E-state index contributed by atoms with van der Waals surface area (Å²) < 4.78 is 24.6. The first-order valence-electron chi connectivity index (χ1n) is 6.84. The topological polar surface area (TPSA) is 46.2 Å². The second-order valence-electron chi connectivity index (χ2n) is 5.27. The van der Waals surface area contributed by atoms with E-state index >= 15 is 0 Å². The lowest BCUT2D eigenvalue weighted by atomic mass is 10.1. The molecule has 3 nitrogen and oxygen atoms in total. The molecule has 0 spiro atoms. The third kappa shape index (κ3) is 4.96. The molecule has 1 unspecified atom stereocenters. The van der Waals surface area contributed by atoms with Crippen molar-refractivity contribution in [2.75, 3.05) is 12.8 Å². The monoisotopic (exact) mass is 283 g/mol. The van der Waals surface area contributed by atoms with Crippen molar-refractivity contribution in [2.24, 2.45) is 0 Å². The van der Waals surface area contributed by atoms with E-state index in [9.17, 15) is 8.42 Å². The largest absolute Gasteiger partial charge is 0.317 e. The van der Waals surface area contributed by atoms with Gasteiger partial charge in [-0.15, -0.1) is 0 Å². The molecule has 0 fully saturated rings. The number of hydrogen-bond donors (Lipinski definition) is 1. The maximum absolute atomic E-state index is 12.3. The summed E-state index contributed by atoms with van der Waals surface area (Å²) in [4.78, 5) is 0.495. The van der Waals surface area contributed by atoms with Gasteiger partial charge in [-0.05, 0) is 57.9 Å². The summed E-state index contributed by atoms with van der Waals surface area (Å²) in [6.45, 7) is 5.89. The zero-order chi connectivity index (χ0) is 14.5. The predicted octanol–water partition coefficient (Wildman–Crippen LogP) is 2.86. The molecule has 0 aliphatic carbocycles. The summed E-state index contributed by atoms with van der Waals surface area (Å²) in [6.07, 6.45) is 2.67. The Morgan fingerprint density at radius 1 is 1.21 bits per heavy atom. The zero-order valence-corrected chi connectivity index (χ0v) is 13.2. The number of sulfone groups is 1. The maximum atomic E-state index is 12.3. The second kappa shape index (κ2) is 7.06. The highest BCUT2D eigenvalue weighted by atomic mass is 32.2. The van der Waals surface area contributed by atoms with Gasteiger partial charge in [0.25, 0.3) is 0 Å². The van der Waals surface area contributed by atoms with Crippen LogP contribution >= 0.6 is 0 Å². The van der Waals surface area contributed by atoms with E-state index in [0.29, 0.717) is 10.9 Å². The van der Waals surface area contributed by atoms with Gasteiger partial charge in [-0.3, -0.25) is 0 Å². The minimum absolute atomic E-state index is 0.244. The molecule has 0 heterocycles. The van der Waals surface area contributed by atoms with Gasteiger partial charge >= 0.3 is 0 Å². The fraction of sp³-hybridized carbons (Fsp3) is 0.600. The fourth-order valence-electron chi connectivity index (χ4n) is 2.04. The first-order chi connectivity index (χ1) is 8.86. The van der Waals surface area contributed by atoms with Crippen molar-refractivity contribution < 1.29 is 8.42 Å². The van der Waals surface area contributed by atoms with Crippen LogP contribution in [0.25, 0.3) is 0 Å². The molecule has 1 aromatic rings. The Hall–Kier alpha value is -0.870. The van der Waals surface area contributed by atoms with Gasteiger partial charge in [0.2, 0.25) is 0 Å². The lowest BCUT2D eigenvalue weighted by Crippen LogP contribution is -2.21. The Morgan fingerprint density at radius 3 is 2.53 bits per heavy atom. The van der Waals surface area contributed by atoms with Crippen LogP contribution in [0.5, 0.6) is 0 Å². The molecular formula is C15H25NO2S. The third-order valence-electron chi connectivity index (χ3n) is 3.47. The molecular weight excluding hydrogens is 258 g/mol. The third-order valence-corrected chi connectivity index (χ3v) is 5.41. The van der Waals surface area contributed by atoms with Crippen LogP contribution < -0.4 is 5.32 Å². The van der Waals surface area contributed by atoms with E-state index < -0.39 is 9.84 Å². The van der Waals surface area contributed by atoms with Gasteiger partial charge in [0.15, 0.2) is 9.84 Å². The Bertz CT molecular complexity index is 509. The highest BCUT2D eigenvalue weighted by Crippen LogP contribution is 2.19. The zero-order valence-electron chi connectivity index (χ0n) is 12.4. The minimum atomic E-state index is -3.14. The summed E-state index contributed by atoms with van der Waals surface area (Å²) in [5, 5.41) is 3.16. The Labute approximate surface area is 117 Å². The van der Waals surface area contributed by atoms with Gasteiger partial charge in [-0.2, -0.15) is 0 Å². The highest BCUT2D eigenvalue weighted by Gasteiger charge is 2.16. The molecule has 0 radical (unpaired) electrons. The van der Waals surface area contributed by atoms with Gasteiger partial charge in [-0.1, -0.05) is 18.6 Å². The van der Waals surface area contributed by atoms with Crippen molar-refractivity contribution in [3.05, 3.63) is 29.3 Å². The molecule has 0 aliphatic rings. The van der Waals surface area contributed by atoms with Crippen LogP contribution in [0.3, 0.4) is 0 Å². The summed E-state index contributed by atoms with van der Waals surface area (Å²) in [5.41, 5.74) is 1.84. The van der Waals surface area contributed by atoms with Crippen LogP contribution in [-0.4, -0.2) is 27.3 Å². The molecule has 19 heavy (non-hydrogen) atoms. The molecule has 0 saturated heterocycles. The Morgan fingerprint density at radius 2 is 1.89 bits per heavy atom. The number of unbranched alkanes of at least 4 members (excludes halogenated alkanes) is 1. The van der Waals surface area contributed by atoms with Crippen molar-refractivity contribution in [1.29, 1.82) is 0 Å². The van der Waals surface area contributed by atoms with E-state index in [2.05, 4.69) is 12.2 Å². The van der Waals surface area contributed by atoms with Gasteiger partial charge in [0.05, 0.1) is 10.6 Å². The van der Waals surface area contributed by atoms with E-state index in [0.717, 1.165) is 30.4 Å². The summed E-state index contributed by atoms with van der Waals surface area (Å²) in [5.74, 6) is 0.244. The fourth-order valence-corrected chi connectivity index (χ4v) is 3.77. The average Bonchev–Trinajstić information content (AvgIpc) is 2.37. The number of benzene rings is 1. The molecule has 0 aromatic heterocycles. The van der Waals surface area contributed by atoms with Crippen molar-refractivity contribution >= 4 is 9.84 Å². The standard InChI is InChI=1S/C15H25NO2S/c1-12-8-9-13(2)15(11-12)19(17,18)10-6-5-7-14(3)16-4/h8-9,11,14,16H,5-7,10H2,1-4H3. The number of hydrogen-bond acceptors (Lipinski definition) is 3. The minimum Gasteiger partial charge on any atom is -0.317 e.